The first-order valence-electron chi connectivity index (χ1n) is 9.10. The maximum Gasteiger partial charge on any atom is 0.347 e. The molecule has 0 spiro atoms. The molecule has 142 valence electrons. The van der Waals surface area contributed by atoms with E-state index in [-0.39, 0.29) is 5.56 Å². The molecule has 6 nitrogen and oxygen atoms in total. The van der Waals surface area contributed by atoms with Crippen LogP contribution in [0.25, 0.3) is 33.3 Å². The van der Waals surface area contributed by atoms with E-state index < -0.39 is 11.6 Å². The molecular formula is C22H19NO5. The molecule has 0 atom stereocenters. The van der Waals surface area contributed by atoms with Crippen LogP contribution < -0.4 is 10.5 Å². The summed E-state index contributed by atoms with van der Waals surface area (Å²) in [6.45, 7) is 5.87. The lowest BCUT2D eigenvalue weighted by molar-refractivity contribution is 0.0697. The second-order valence-electron chi connectivity index (χ2n) is 6.51. The Morgan fingerprint density at radius 3 is 2.43 bits per heavy atom. The minimum atomic E-state index is -1.01. The fraction of sp³-hybridized carbons (Fsp3) is 0.182. The number of benzene rings is 2. The third-order valence-corrected chi connectivity index (χ3v) is 4.88. The van der Waals surface area contributed by atoms with Gasteiger partial charge in [0.2, 0.25) is 0 Å². The Balaban J connectivity index is 1.81. The average molecular weight is 377 g/mol. The van der Waals surface area contributed by atoms with Crippen LogP contribution in [0.4, 0.5) is 5.69 Å². The standard InChI is InChI=1S/C22H19NO5/c1-3-23(4-2)16-7-5-13-10-17(22(26)28-19(13)12-16)20-11-15-9-14(21(24)25)6-8-18(15)27-20/h5-12H,3-4H2,1-2H3,(H,24,25). The first kappa shape index (κ1) is 17.9. The SMILES string of the molecule is CCN(CC)c1ccc2cc(-c3cc4cc(C(=O)O)ccc4o3)c(=O)oc2c1. The lowest BCUT2D eigenvalue weighted by Crippen LogP contribution is -2.21. The maximum absolute atomic E-state index is 12.6. The highest BCUT2D eigenvalue weighted by molar-refractivity contribution is 5.94. The van der Waals surface area contributed by atoms with Crippen molar-refractivity contribution in [2.75, 3.05) is 18.0 Å². The van der Waals surface area contributed by atoms with Crippen LogP contribution in [-0.4, -0.2) is 24.2 Å². The van der Waals surface area contributed by atoms with E-state index in [1.54, 1.807) is 18.2 Å². The predicted molar refractivity (Wildman–Crippen MR) is 108 cm³/mol. The molecule has 0 amide bonds. The number of nitrogens with zero attached hydrogens (tertiary/aromatic N) is 1. The van der Waals surface area contributed by atoms with Gasteiger partial charge in [0.1, 0.15) is 22.5 Å². The van der Waals surface area contributed by atoms with E-state index in [9.17, 15) is 9.59 Å². The number of aromatic carboxylic acids is 1. The number of carboxylic acid groups (broad SMARTS) is 1. The van der Waals surface area contributed by atoms with Crippen molar-refractivity contribution in [1.82, 2.24) is 0 Å². The normalized spacial score (nSPS) is 11.2. The van der Waals surface area contributed by atoms with Crippen molar-refractivity contribution in [1.29, 1.82) is 0 Å². The number of furan rings is 1. The molecular weight excluding hydrogens is 358 g/mol. The lowest BCUT2D eigenvalue weighted by atomic mass is 10.1. The number of hydrogen-bond acceptors (Lipinski definition) is 5. The molecule has 0 aliphatic heterocycles. The molecule has 0 radical (unpaired) electrons. The maximum atomic E-state index is 12.6. The molecule has 0 aliphatic rings. The Morgan fingerprint density at radius 1 is 0.929 bits per heavy atom. The van der Waals surface area contributed by atoms with Gasteiger partial charge in [-0.3, -0.25) is 0 Å². The molecule has 28 heavy (non-hydrogen) atoms. The van der Waals surface area contributed by atoms with E-state index >= 15 is 0 Å². The highest BCUT2D eigenvalue weighted by atomic mass is 16.4. The van der Waals surface area contributed by atoms with Gasteiger partial charge in [0, 0.05) is 35.6 Å². The number of anilines is 1. The molecule has 2 aromatic heterocycles. The highest BCUT2D eigenvalue weighted by Crippen LogP contribution is 2.29. The second kappa shape index (κ2) is 6.88. The molecule has 0 bridgehead atoms. The van der Waals surface area contributed by atoms with Crippen LogP contribution in [0.15, 0.2) is 62.2 Å². The monoisotopic (exact) mass is 377 g/mol. The molecule has 6 heteroatoms. The van der Waals surface area contributed by atoms with Gasteiger partial charge in [0.15, 0.2) is 0 Å². The van der Waals surface area contributed by atoms with Gasteiger partial charge in [-0.15, -0.1) is 0 Å². The number of rotatable bonds is 5. The van der Waals surface area contributed by atoms with Crippen molar-refractivity contribution < 1.29 is 18.7 Å². The minimum absolute atomic E-state index is 0.161. The van der Waals surface area contributed by atoms with Gasteiger partial charge >= 0.3 is 11.6 Å². The van der Waals surface area contributed by atoms with Gasteiger partial charge in [-0.1, -0.05) is 0 Å². The Labute approximate surface area is 160 Å². The third-order valence-electron chi connectivity index (χ3n) is 4.88. The van der Waals surface area contributed by atoms with Crippen LogP contribution in [-0.2, 0) is 0 Å². The fourth-order valence-corrected chi connectivity index (χ4v) is 3.37. The van der Waals surface area contributed by atoms with Gasteiger partial charge in [0.05, 0.1) is 5.56 Å². The van der Waals surface area contributed by atoms with Crippen molar-refractivity contribution in [3.8, 4) is 11.3 Å². The number of hydrogen-bond donors (Lipinski definition) is 1. The van der Waals surface area contributed by atoms with Crippen molar-refractivity contribution in [3.63, 3.8) is 0 Å². The fourth-order valence-electron chi connectivity index (χ4n) is 3.37. The summed E-state index contributed by atoms with van der Waals surface area (Å²) in [7, 11) is 0. The van der Waals surface area contributed by atoms with E-state index in [2.05, 4.69) is 18.7 Å². The van der Waals surface area contributed by atoms with Gasteiger partial charge < -0.3 is 18.8 Å². The highest BCUT2D eigenvalue weighted by Gasteiger charge is 2.15. The second-order valence-corrected chi connectivity index (χ2v) is 6.51. The van der Waals surface area contributed by atoms with Crippen molar-refractivity contribution in [2.45, 2.75) is 13.8 Å². The van der Waals surface area contributed by atoms with Crippen LogP contribution in [0.1, 0.15) is 24.2 Å². The molecule has 1 N–H and O–H groups in total. The van der Waals surface area contributed by atoms with E-state index in [0.717, 1.165) is 24.2 Å². The van der Waals surface area contributed by atoms with E-state index in [1.807, 2.05) is 18.2 Å². The Morgan fingerprint density at radius 2 is 1.71 bits per heavy atom. The minimum Gasteiger partial charge on any atom is -0.478 e. The topological polar surface area (TPSA) is 83.9 Å². The lowest BCUT2D eigenvalue weighted by Gasteiger charge is -2.20. The Kier molecular flexibility index (Phi) is 4.39. The van der Waals surface area contributed by atoms with Crippen molar-refractivity contribution in [3.05, 3.63) is 64.5 Å². The summed E-state index contributed by atoms with van der Waals surface area (Å²) >= 11 is 0. The first-order valence-corrected chi connectivity index (χ1v) is 9.10. The summed E-state index contributed by atoms with van der Waals surface area (Å²) in [6.07, 6.45) is 0. The number of fused-ring (bicyclic) bond motifs is 2. The van der Waals surface area contributed by atoms with Gasteiger partial charge in [-0.25, -0.2) is 9.59 Å². The van der Waals surface area contributed by atoms with E-state index in [4.69, 9.17) is 13.9 Å². The largest absolute Gasteiger partial charge is 0.478 e. The zero-order valence-corrected chi connectivity index (χ0v) is 15.6. The molecule has 0 aliphatic carbocycles. The Bertz CT molecular complexity index is 1250. The van der Waals surface area contributed by atoms with Crippen LogP contribution in [0.5, 0.6) is 0 Å². The predicted octanol–water partition coefficient (Wildman–Crippen LogP) is 4.75. The molecule has 2 heterocycles. The Hall–Kier alpha value is -3.54. The number of carboxylic acids is 1. The number of carbonyl (C=O) groups is 1. The molecule has 4 aromatic rings. The van der Waals surface area contributed by atoms with Gasteiger partial charge in [0.25, 0.3) is 0 Å². The van der Waals surface area contributed by atoms with E-state index in [0.29, 0.717) is 27.9 Å². The van der Waals surface area contributed by atoms with Crippen LogP contribution in [0.2, 0.25) is 0 Å². The molecule has 0 fully saturated rings. The molecule has 2 aromatic carbocycles. The zero-order chi connectivity index (χ0) is 19.8. The third kappa shape index (κ3) is 3.03. The summed E-state index contributed by atoms with van der Waals surface area (Å²) in [5, 5.41) is 10.5. The smallest absolute Gasteiger partial charge is 0.347 e. The molecule has 0 unspecified atom stereocenters. The van der Waals surface area contributed by atoms with E-state index in [1.165, 1.54) is 12.1 Å². The van der Waals surface area contributed by atoms with Crippen molar-refractivity contribution >= 4 is 33.6 Å². The van der Waals surface area contributed by atoms with Crippen LogP contribution in [0, 0.1) is 0 Å². The molecule has 0 saturated heterocycles. The van der Waals surface area contributed by atoms with Crippen molar-refractivity contribution in [2.24, 2.45) is 0 Å². The van der Waals surface area contributed by atoms with Gasteiger partial charge in [-0.2, -0.15) is 0 Å². The van der Waals surface area contributed by atoms with Gasteiger partial charge in [-0.05, 0) is 56.3 Å². The summed E-state index contributed by atoms with van der Waals surface area (Å²) in [5.41, 5.74) is 1.99. The van der Waals surface area contributed by atoms with Crippen LogP contribution >= 0.6 is 0 Å². The summed E-state index contributed by atoms with van der Waals surface area (Å²) in [4.78, 5) is 25.9. The average Bonchev–Trinajstić information content (AvgIpc) is 3.11. The molecule has 0 saturated carbocycles. The summed E-state index contributed by atoms with van der Waals surface area (Å²) < 4.78 is 11.3. The quantitative estimate of drug-likeness (QED) is 0.505. The van der Waals surface area contributed by atoms with Crippen LogP contribution in [0.3, 0.4) is 0 Å². The summed E-state index contributed by atoms with van der Waals surface area (Å²) in [6, 6.07) is 13.7. The molecule has 4 rings (SSSR count). The first-order chi connectivity index (χ1) is 13.5. The zero-order valence-electron chi connectivity index (χ0n) is 15.6. The summed E-state index contributed by atoms with van der Waals surface area (Å²) in [5.74, 6) is -0.667.